The number of hydrogen-bond donors (Lipinski definition) is 1. The largest absolute Gasteiger partial charge is 0.352 e. The predicted octanol–water partition coefficient (Wildman–Crippen LogP) is 4.55. The zero-order chi connectivity index (χ0) is 27.0. The molecule has 2 aromatic carbocycles. The molecule has 0 spiro atoms. The lowest BCUT2D eigenvalue weighted by atomic mass is 10.1. The van der Waals surface area contributed by atoms with E-state index in [0.29, 0.717) is 18.5 Å². The van der Waals surface area contributed by atoms with E-state index in [-0.39, 0.29) is 43.2 Å². The second kappa shape index (κ2) is 13.0. The maximum absolute atomic E-state index is 13.5. The number of hydrogen-bond acceptors (Lipinski definition) is 4. The monoisotopic (exact) mass is 531 g/mol. The molecule has 1 saturated carbocycles. The minimum atomic E-state index is -3.54. The van der Waals surface area contributed by atoms with Crippen molar-refractivity contribution in [2.24, 2.45) is 0 Å². The maximum Gasteiger partial charge on any atom is 0.243 e. The first-order valence-electron chi connectivity index (χ1n) is 13.0. The van der Waals surface area contributed by atoms with Crippen LogP contribution in [-0.2, 0) is 26.2 Å². The van der Waals surface area contributed by atoms with Crippen LogP contribution in [0.4, 0.5) is 10.1 Å². The molecule has 1 aliphatic carbocycles. The number of rotatable bonds is 12. The van der Waals surface area contributed by atoms with E-state index >= 15 is 0 Å². The smallest absolute Gasteiger partial charge is 0.243 e. The first-order chi connectivity index (χ1) is 17.6. The van der Waals surface area contributed by atoms with E-state index in [1.165, 1.54) is 16.4 Å². The fraction of sp³-hybridized carbons (Fsp3) is 0.500. The van der Waals surface area contributed by atoms with Crippen LogP contribution in [0.15, 0.2) is 48.5 Å². The molecule has 9 heteroatoms. The maximum atomic E-state index is 13.5. The number of aryl methyl sites for hydroxylation is 1. The third-order valence-corrected chi connectivity index (χ3v) is 7.99. The van der Waals surface area contributed by atoms with Gasteiger partial charge in [-0.25, -0.2) is 12.8 Å². The number of carbonyl (C=O) groups excluding carboxylic acids is 2. The highest BCUT2D eigenvalue weighted by molar-refractivity contribution is 7.92. The number of anilines is 1. The molecule has 1 N–H and O–H groups in total. The summed E-state index contributed by atoms with van der Waals surface area (Å²) in [6.07, 6.45) is 5.99. The molecule has 0 radical (unpaired) electrons. The molecule has 202 valence electrons. The lowest BCUT2D eigenvalue weighted by Gasteiger charge is -2.32. The summed E-state index contributed by atoms with van der Waals surface area (Å²) in [5.74, 6) is -0.789. The molecule has 3 rings (SSSR count). The molecule has 0 saturated heterocycles. The van der Waals surface area contributed by atoms with Crippen molar-refractivity contribution in [3.63, 3.8) is 0 Å². The Kier molecular flexibility index (Phi) is 10.1. The van der Waals surface area contributed by atoms with Gasteiger partial charge in [-0.05, 0) is 68.0 Å². The van der Waals surface area contributed by atoms with Gasteiger partial charge in [0.15, 0.2) is 0 Å². The molecular formula is C28H38FN3O4S. The van der Waals surface area contributed by atoms with E-state index in [9.17, 15) is 22.4 Å². The van der Waals surface area contributed by atoms with Crippen LogP contribution in [0.2, 0.25) is 0 Å². The van der Waals surface area contributed by atoms with Crippen LogP contribution in [0, 0.1) is 12.7 Å². The van der Waals surface area contributed by atoms with Crippen LogP contribution in [0.25, 0.3) is 0 Å². The van der Waals surface area contributed by atoms with Gasteiger partial charge in [-0.15, -0.1) is 0 Å². The number of nitrogens with one attached hydrogen (secondary N) is 1. The van der Waals surface area contributed by atoms with Gasteiger partial charge in [0.25, 0.3) is 0 Å². The highest BCUT2D eigenvalue weighted by Crippen LogP contribution is 2.22. The molecule has 1 fully saturated rings. The third-order valence-electron chi connectivity index (χ3n) is 6.80. The molecule has 0 aliphatic heterocycles. The van der Waals surface area contributed by atoms with Crippen molar-refractivity contribution in [3.8, 4) is 0 Å². The van der Waals surface area contributed by atoms with Gasteiger partial charge in [-0.3, -0.25) is 13.9 Å². The van der Waals surface area contributed by atoms with Crippen molar-refractivity contribution in [2.75, 3.05) is 17.1 Å². The quantitative estimate of drug-likeness (QED) is 0.436. The van der Waals surface area contributed by atoms with Gasteiger partial charge in [0.05, 0.1) is 11.9 Å². The van der Waals surface area contributed by atoms with Gasteiger partial charge in [-0.1, -0.05) is 44.0 Å². The van der Waals surface area contributed by atoms with Crippen LogP contribution in [0.1, 0.15) is 63.0 Å². The normalized spacial score (nSPS) is 14.8. The molecule has 1 aliphatic rings. The van der Waals surface area contributed by atoms with E-state index in [1.54, 1.807) is 35.2 Å². The molecule has 1 atom stereocenters. The van der Waals surface area contributed by atoms with Crippen molar-refractivity contribution < 1.29 is 22.4 Å². The third kappa shape index (κ3) is 8.28. The van der Waals surface area contributed by atoms with Crippen molar-refractivity contribution in [3.05, 3.63) is 65.5 Å². The summed E-state index contributed by atoms with van der Waals surface area (Å²) in [4.78, 5) is 28.2. The molecule has 0 heterocycles. The topological polar surface area (TPSA) is 86.8 Å². The van der Waals surface area contributed by atoms with Crippen molar-refractivity contribution in [1.29, 1.82) is 0 Å². The summed E-state index contributed by atoms with van der Waals surface area (Å²) < 4.78 is 39.7. The van der Waals surface area contributed by atoms with Gasteiger partial charge in [0, 0.05) is 25.6 Å². The number of sulfonamides is 1. The molecule has 0 aromatic heterocycles. The summed E-state index contributed by atoms with van der Waals surface area (Å²) in [6.45, 7) is 4.07. The second-order valence-corrected chi connectivity index (χ2v) is 11.7. The average Bonchev–Trinajstić information content (AvgIpc) is 3.35. The van der Waals surface area contributed by atoms with Crippen LogP contribution >= 0.6 is 0 Å². The van der Waals surface area contributed by atoms with E-state index in [0.717, 1.165) is 43.1 Å². The Labute approximate surface area is 220 Å². The molecule has 0 bridgehead atoms. The van der Waals surface area contributed by atoms with Gasteiger partial charge in [-0.2, -0.15) is 0 Å². The zero-order valence-electron chi connectivity index (χ0n) is 22.0. The number of carbonyl (C=O) groups is 2. The Balaban J connectivity index is 1.75. The fourth-order valence-corrected chi connectivity index (χ4v) is 5.82. The van der Waals surface area contributed by atoms with E-state index in [4.69, 9.17) is 0 Å². The minimum absolute atomic E-state index is 0.0756. The molecular weight excluding hydrogens is 493 g/mol. The van der Waals surface area contributed by atoms with Gasteiger partial charge in [0.1, 0.15) is 11.9 Å². The molecule has 7 nitrogen and oxygen atoms in total. The van der Waals surface area contributed by atoms with E-state index in [1.807, 2.05) is 19.9 Å². The van der Waals surface area contributed by atoms with Crippen molar-refractivity contribution >= 4 is 27.5 Å². The standard InChI is InChI=1S/C28H38FN3O4S/c1-4-26(28(34)30-24-10-5-6-11-24)31(20-22-14-16-23(29)17-15-22)27(33)13-8-18-32(37(3,35)36)25-12-7-9-21(2)19-25/h7,9,12,14-17,19,24,26H,4-6,8,10-11,13,18,20H2,1-3H3,(H,30,34)/t26-/m1/s1. The number of nitrogens with zero attached hydrogens (tertiary/aromatic N) is 2. The highest BCUT2D eigenvalue weighted by atomic mass is 32.2. The molecule has 0 unspecified atom stereocenters. The average molecular weight is 532 g/mol. The van der Waals surface area contributed by atoms with E-state index in [2.05, 4.69) is 5.32 Å². The van der Waals surface area contributed by atoms with Crippen LogP contribution < -0.4 is 9.62 Å². The lowest BCUT2D eigenvalue weighted by molar-refractivity contribution is -0.141. The van der Waals surface area contributed by atoms with Crippen LogP contribution in [0.3, 0.4) is 0 Å². The van der Waals surface area contributed by atoms with Crippen molar-refractivity contribution in [1.82, 2.24) is 10.2 Å². The summed E-state index contributed by atoms with van der Waals surface area (Å²) in [5.41, 5.74) is 2.21. The number of amides is 2. The zero-order valence-corrected chi connectivity index (χ0v) is 22.8. The highest BCUT2D eigenvalue weighted by Gasteiger charge is 2.30. The fourth-order valence-electron chi connectivity index (χ4n) is 4.86. The first-order valence-corrected chi connectivity index (χ1v) is 14.8. The Morgan fingerprint density at radius 2 is 1.78 bits per heavy atom. The Morgan fingerprint density at radius 3 is 2.38 bits per heavy atom. The van der Waals surface area contributed by atoms with Crippen molar-refractivity contribution in [2.45, 2.75) is 77.4 Å². The minimum Gasteiger partial charge on any atom is -0.352 e. The predicted molar refractivity (Wildman–Crippen MR) is 144 cm³/mol. The Morgan fingerprint density at radius 1 is 1.11 bits per heavy atom. The molecule has 2 aromatic rings. The number of benzene rings is 2. The van der Waals surface area contributed by atoms with Gasteiger partial charge < -0.3 is 10.2 Å². The molecule has 2 amide bonds. The van der Waals surface area contributed by atoms with E-state index < -0.39 is 16.1 Å². The van der Waals surface area contributed by atoms with Gasteiger partial charge in [0.2, 0.25) is 21.8 Å². The van der Waals surface area contributed by atoms with Crippen LogP contribution in [0.5, 0.6) is 0 Å². The summed E-state index contributed by atoms with van der Waals surface area (Å²) in [6, 6.07) is 12.6. The Hall–Kier alpha value is -2.94. The lowest BCUT2D eigenvalue weighted by Crippen LogP contribution is -2.51. The summed E-state index contributed by atoms with van der Waals surface area (Å²) in [5, 5.41) is 3.10. The summed E-state index contributed by atoms with van der Waals surface area (Å²) >= 11 is 0. The first kappa shape index (κ1) is 28.6. The SMILES string of the molecule is CC[C@H](C(=O)NC1CCCC1)N(Cc1ccc(F)cc1)C(=O)CCCN(c1cccc(C)c1)S(C)(=O)=O. The second-order valence-electron chi connectivity index (χ2n) is 9.84. The number of halogens is 1. The summed E-state index contributed by atoms with van der Waals surface area (Å²) in [7, 11) is -3.54. The molecule has 37 heavy (non-hydrogen) atoms. The van der Waals surface area contributed by atoms with Gasteiger partial charge >= 0.3 is 0 Å². The Bertz CT molecular complexity index is 1160. The van der Waals surface area contributed by atoms with Crippen LogP contribution in [-0.4, -0.2) is 50.0 Å².